The molecule has 1 aromatic carbocycles. The molecule has 0 aliphatic carbocycles. The van der Waals surface area contributed by atoms with Crippen LogP contribution in [0.1, 0.15) is 62.7 Å². The van der Waals surface area contributed by atoms with Gasteiger partial charge >= 0.3 is 0 Å². The van der Waals surface area contributed by atoms with Crippen LogP contribution in [0, 0.1) is 13.8 Å². The van der Waals surface area contributed by atoms with Gasteiger partial charge in [-0.2, -0.15) is 0 Å². The minimum atomic E-state index is -0.294. The van der Waals surface area contributed by atoms with E-state index in [4.69, 9.17) is 16.3 Å². The number of carbonyl (C=O) groups excluding carboxylic acids is 3. The third kappa shape index (κ3) is 3.99. The van der Waals surface area contributed by atoms with Crippen molar-refractivity contribution in [3.63, 3.8) is 0 Å². The minimum absolute atomic E-state index is 0.0975. The zero-order valence-corrected chi connectivity index (χ0v) is 15.4. The molecule has 1 N–H and O–H groups in total. The first-order chi connectivity index (χ1) is 11.8. The zero-order chi connectivity index (χ0) is 18.7. The Labute approximate surface area is 151 Å². The Hall–Kier alpha value is -2.40. The molecular weight excluding hydrogens is 342 g/mol. The van der Waals surface area contributed by atoms with Crippen LogP contribution in [0.2, 0.25) is 5.02 Å². The summed E-state index contributed by atoms with van der Waals surface area (Å²) in [5.74, 6) is -0.189. The van der Waals surface area contributed by atoms with Gasteiger partial charge in [-0.1, -0.05) is 18.5 Å². The fraction of sp³-hybridized carbons (Fsp3) is 0.316. The van der Waals surface area contributed by atoms with Crippen molar-refractivity contribution in [3.8, 4) is 5.75 Å². The third-order valence-corrected chi connectivity index (χ3v) is 4.23. The van der Waals surface area contributed by atoms with E-state index in [0.717, 1.165) is 0 Å². The van der Waals surface area contributed by atoms with E-state index in [9.17, 15) is 14.4 Å². The number of carbonyl (C=O) groups is 3. The summed E-state index contributed by atoms with van der Waals surface area (Å²) in [5, 5.41) is 0.428. The molecule has 0 atom stereocenters. The van der Waals surface area contributed by atoms with Crippen molar-refractivity contribution < 1.29 is 19.1 Å². The van der Waals surface area contributed by atoms with Gasteiger partial charge in [0.25, 0.3) is 0 Å². The van der Waals surface area contributed by atoms with Gasteiger partial charge in [0, 0.05) is 22.7 Å². The molecule has 0 aliphatic rings. The number of hydrogen-bond donors (Lipinski definition) is 1. The Morgan fingerprint density at radius 2 is 1.84 bits per heavy atom. The average Bonchev–Trinajstić information content (AvgIpc) is 2.87. The Morgan fingerprint density at radius 3 is 2.40 bits per heavy atom. The number of benzene rings is 1. The molecule has 1 aromatic heterocycles. The molecule has 0 aliphatic heterocycles. The van der Waals surface area contributed by atoms with Gasteiger partial charge in [0.05, 0.1) is 11.3 Å². The van der Waals surface area contributed by atoms with Crippen molar-refractivity contribution in [1.82, 2.24) is 4.98 Å². The SMILES string of the molecule is CCC(=O)c1cc(Cl)ccc1OCC(=O)c1[nH]c(C)c(C(C)=O)c1C. The van der Waals surface area contributed by atoms with E-state index >= 15 is 0 Å². The summed E-state index contributed by atoms with van der Waals surface area (Å²) in [7, 11) is 0. The highest BCUT2D eigenvalue weighted by molar-refractivity contribution is 6.31. The number of Topliss-reactive ketones (excluding diaryl/α,β-unsaturated/α-hetero) is 3. The number of aromatic nitrogens is 1. The van der Waals surface area contributed by atoms with Crippen LogP contribution < -0.4 is 4.74 Å². The van der Waals surface area contributed by atoms with Gasteiger partial charge in [-0.25, -0.2) is 0 Å². The second-order valence-electron chi connectivity index (χ2n) is 5.81. The first kappa shape index (κ1) is 18.9. The predicted molar refractivity (Wildman–Crippen MR) is 96.2 cm³/mol. The lowest BCUT2D eigenvalue weighted by Crippen LogP contribution is -2.15. The second-order valence-corrected chi connectivity index (χ2v) is 6.25. The molecule has 0 unspecified atom stereocenters. The molecule has 2 aromatic rings. The Kier molecular flexibility index (Phi) is 5.80. The van der Waals surface area contributed by atoms with Crippen molar-refractivity contribution >= 4 is 29.0 Å². The molecule has 5 nitrogen and oxygen atoms in total. The number of ether oxygens (including phenoxy) is 1. The molecule has 0 spiro atoms. The van der Waals surface area contributed by atoms with Crippen LogP contribution in [0.3, 0.4) is 0 Å². The van der Waals surface area contributed by atoms with Crippen LogP contribution in [0.5, 0.6) is 5.75 Å². The van der Waals surface area contributed by atoms with Crippen LogP contribution in [-0.2, 0) is 0 Å². The molecule has 0 saturated heterocycles. The van der Waals surface area contributed by atoms with E-state index in [1.807, 2.05) is 0 Å². The Bertz CT molecular complexity index is 851. The van der Waals surface area contributed by atoms with Crippen LogP contribution in [0.4, 0.5) is 0 Å². The topological polar surface area (TPSA) is 76.2 Å². The summed E-state index contributed by atoms with van der Waals surface area (Å²) >= 11 is 5.94. The van der Waals surface area contributed by atoms with Crippen LogP contribution in [-0.4, -0.2) is 28.9 Å². The maximum Gasteiger partial charge on any atom is 0.216 e. The predicted octanol–water partition coefficient (Wildman–Crippen LogP) is 4.34. The second kappa shape index (κ2) is 7.66. The molecule has 6 heteroatoms. The minimum Gasteiger partial charge on any atom is -0.485 e. The maximum atomic E-state index is 12.5. The van der Waals surface area contributed by atoms with E-state index < -0.39 is 0 Å². The Balaban J connectivity index is 2.23. The molecule has 132 valence electrons. The number of nitrogens with one attached hydrogen (secondary N) is 1. The van der Waals surface area contributed by atoms with E-state index in [1.165, 1.54) is 13.0 Å². The summed E-state index contributed by atoms with van der Waals surface area (Å²) in [4.78, 5) is 39.1. The number of hydrogen-bond acceptors (Lipinski definition) is 4. The van der Waals surface area contributed by atoms with Gasteiger partial charge in [-0.15, -0.1) is 0 Å². The standard InChI is InChI=1S/C19H20ClNO4/c1-5-15(23)14-8-13(20)6-7-17(14)25-9-16(24)19-10(2)18(12(4)22)11(3)21-19/h6-8,21H,5,9H2,1-4H3. The summed E-state index contributed by atoms with van der Waals surface area (Å²) in [5.41, 5.74) is 2.49. The molecule has 0 saturated carbocycles. The highest BCUT2D eigenvalue weighted by Crippen LogP contribution is 2.25. The molecule has 0 bridgehead atoms. The summed E-state index contributed by atoms with van der Waals surface area (Å²) in [6.07, 6.45) is 0.307. The first-order valence-corrected chi connectivity index (χ1v) is 8.32. The monoisotopic (exact) mass is 361 g/mol. The molecule has 0 amide bonds. The molecule has 0 fully saturated rings. The fourth-order valence-corrected chi connectivity index (χ4v) is 2.98. The zero-order valence-electron chi connectivity index (χ0n) is 14.7. The van der Waals surface area contributed by atoms with Gasteiger partial charge in [-0.05, 0) is 44.5 Å². The van der Waals surface area contributed by atoms with E-state index in [0.29, 0.717) is 45.3 Å². The van der Waals surface area contributed by atoms with Gasteiger partial charge < -0.3 is 9.72 Å². The largest absolute Gasteiger partial charge is 0.485 e. The lowest BCUT2D eigenvalue weighted by molar-refractivity contribution is 0.0906. The van der Waals surface area contributed by atoms with Crippen molar-refractivity contribution in [2.24, 2.45) is 0 Å². The van der Waals surface area contributed by atoms with Crippen LogP contribution in [0.15, 0.2) is 18.2 Å². The summed E-state index contributed by atoms with van der Waals surface area (Å²) in [6.45, 7) is 6.43. The molecule has 25 heavy (non-hydrogen) atoms. The van der Waals surface area contributed by atoms with Gasteiger partial charge in [0.2, 0.25) is 5.78 Å². The van der Waals surface area contributed by atoms with E-state index in [2.05, 4.69) is 4.98 Å². The summed E-state index contributed by atoms with van der Waals surface area (Å²) in [6, 6.07) is 4.71. The lowest BCUT2D eigenvalue weighted by Gasteiger charge is -2.10. The third-order valence-electron chi connectivity index (χ3n) is 3.99. The number of halogens is 1. The van der Waals surface area contributed by atoms with Crippen molar-refractivity contribution in [3.05, 3.63) is 51.3 Å². The smallest absolute Gasteiger partial charge is 0.216 e. The molecule has 2 rings (SSSR count). The number of H-pyrrole nitrogens is 1. The van der Waals surface area contributed by atoms with Gasteiger partial charge in [0.15, 0.2) is 18.2 Å². The highest BCUT2D eigenvalue weighted by Gasteiger charge is 2.21. The quantitative estimate of drug-likeness (QED) is 0.744. The van der Waals surface area contributed by atoms with Crippen LogP contribution in [0.25, 0.3) is 0 Å². The summed E-state index contributed by atoms with van der Waals surface area (Å²) < 4.78 is 5.56. The number of aryl methyl sites for hydroxylation is 1. The molecule has 1 heterocycles. The van der Waals surface area contributed by atoms with Crippen LogP contribution >= 0.6 is 11.6 Å². The van der Waals surface area contributed by atoms with Crippen molar-refractivity contribution in [2.75, 3.05) is 6.61 Å². The fourth-order valence-electron chi connectivity index (χ4n) is 2.81. The number of rotatable bonds is 7. The average molecular weight is 362 g/mol. The normalized spacial score (nSPS) is 10.6. The molecular formula is C19H20ClNO4. The van der Waals surface area contributed by atoms with E-state index in [1.54, 1.807) is 32.9 Å². The van der Waals surface area contributed by atoms with E-state index in [-0.39, 0.29) is 24.0 Å². The molecule has 0 radical (unpaired) electrons. The highest BCUT2D eigenvalue weighted by atomic mass is 35.5. The number of ketones is 3. The van der Waals surface area contributed by atoms with Gasteiger partial charge in [0.1, 0.15) is 5.75 Å². The van der Waals surface area contributed by atoms with Crippen molar-refractivity contribution in [1.29, 1.82) is 0 Å². The lowest BCUT2D eigenvalue weighted by atomic mass is 10.1. The number of aromatic amines is 1. The van der Waals surface area contributed by atoms with Gasteiger partial charge in [-0.3, -0.25) is 14.4 Å². The van der Waals surface area contributed by atoms with Crippen molar-refractivity contribution in [2.45, 2.75) is 34.1 Å². The Morgan fingerprint density at radius 1 is 1.16 bits per heavy atom. The maximum absolute atomic E-state index is 12.5. The first-order valence-electron chi connectivity index (χ1n) is 7.95.